The highest BCUT2D eigenvalue weighted by molar-refractivity contribution is 5.87. The summed E-state index contributed by atoms with van der Waals surface area (Å²) in [5, 5.41) is 16.6. The molecule has 2 saturated heterocycles. The lowest BCUT2D eigenvalue weighted by molar-refractivity contribution is -0.128. The van der Waals surface area contributed by atoms with Crippen LogP contribution in [0, 0.1) is 11.3 Å². The average Bonchev–Trinajstić information content (AvgIpc) is 3.00. The van der Waals surface area contributed by atoms with Gasteiger partial charge in [0.15, 0.2) is 0 Å². The van der Waals surface area contributed by atoms with Crippen LogP contribution in [0.5, 0.6) is 0 Å². The summed E-state index contributed by atoms with van der Waals surface area (Å²) in [7, 11) is 0. The molecule has 4 aliphatic rings. The van der Waals surface area contributed by atoms with Gasteiger partial charge in [-0.25, -0.2) is 4.98 Å². The number of benzene rings is 1. The van der Waals surface area contributed by atoms with Crippen LogP contribution in [0.15, 0.2) is 36.9 Å². The number of piperidine rings is 1. The minimum atomic E-state index is -0.183. The standard InChI is InChI=1S/C31H40N8O/c1-2-29(40)39-19-18-37(21-25(39)11-14-32)30-26-10-9-24(38-17-5-7-22-6-3-4-8-28(22)38)20-27(26)35-31(36-30)34-23-12-15-33-16-13-23/h2-4,6,8,23-25,33H,1,5,7,9-13,15-21H2,(H,34,35,36). The molecule has 9 heteroatoms. The molecule has 1 amide bonds. The molecule has 2 atom stereocenters. The molecule has 40 heavy (non-hydrogen) atoms. The number of piperazine rings is 1. The number of para-hydroxylation sites is 1. The molecule has 210 valence electrons. The predicted molar refractivity (Wildman–Crippen MR) is 158 cm³/mol. The summed E-state index contributed by atoms with van der Waals surface area (Å²) >= 11 is 0. The molecule has 0 spiro atoms. The Morgan fingerprint density at radius 3 is 2.83 bits per heavy atom. The van der Waals surface area contributed by atoms with Gasteiger partial charge < -0.3 is 25.3 Å². The van der Waals surface area contributed by atoms with E-state index < -0.39 is 0 Å². The number of aromatic nitrogens is 2. The molecule has 2 N–H and O–H groups in total. The maximum Gasteiger partial charge on any atom is 0.246 e. The number of anilines is 3. The highest BCUT2D eigenvalue weighted by Gasteiger charge is 2.35. The first-order valence-electron chi connectivity index (χ1n) is 14.9. The number of hydrogen-bond donors (Lipinski definition) is 2. The second-order valence-electron chi connectivity index (χ2n) is 11.5. The molecule has 2 unspecified atom stereocenters. The Morgan fingerprint density at radius 2 is 2.00 bits per heavy atom. The SMILES string of the molecule is C=CC(=O)N1CCN(c2nc(NC3CCNCC3)nc3c2CCC(N2CCCc4ccccc42)C3)CC1CC#N. The van der Waals surface area contributed by atoms with E-state index in [1.807, 2.05) is 0 Å². The minimum absolute atomic E-state index is 0.109. The molecule has 9 nitrogen and oxygen atoms in total. The predicted octanol–water partition coefficient (Wildman–Crippen LogP) is 3.07. The minimum Gasteiger partial charge on any atom is -0.368 e. The van der Waals surface area contributed by atoms with Crippen molar-refractivity contribution >= 4 is 23.4 Å². The summed E-state index contributed by atoms with van der Waals surface area (Å²) in [6.07, 6.45) is 8.97. The zero-order chi connectivity index (χ0) is 27.5. The summed E-state index contributed by atoms with van der Waals surface area (Å²) in [6, 6.07) is 11.7. The molecule has 3 aliphatic heterocycles. The molecule has 0 bridgehead atoms. The summed E-state index contributed by atoms with van der Waals surface area (Å²) < 4.78 is 0. The van der Waals surface area contributed by atoms with Crippen molar-refractivity contribution in [2.75, 3.05) is 54.4 Å². The quantitative estimate of drug-likeness (QED) is 0.540. The summed E-state index contributed by atoms with van der Waals surface area (Å²) in [4.78, 5) is 29.5. The number of nitrogens with zero attached hydrogens (tertiary/aromatic N) is 6. The zero-order valence-electron chi connectivity index (χ0n) is 23.3. The van der Waals surface area contributed by atoms with E-state index in [0.717, 1.165) is 69.7 Å². The lowest BCUT2D eigenvalue weighted by Gasteiger charge is -2.43. The fourth-order valence-corrected chi connectivity index (χ4v) is 7.00. The number of carbonyl (C=O) groups is 1. The van der Waals surface area contributed by atoms with E-state index in [9.17, 15) is 10.1 Å². The third kappa shape index (κ3) is 5.37. The number of carbonyl (C=O) groups excluding carboxylic acids is 1. The van der Waals surface area contributed by atoms with Crippen molar-refractivity contribution in [3.63, 3.8) is 0 Å². The fourth-order valence-electron chi connectivity index (χ4n) is 7.00. The van der Waals surface area contributed by atoms with Gasteiger partial charge in [0.1, 0.15) is 5.82 Å². The molecule has 4 heterocycles. The van der Waals surface area contributed by atoms with Crippen LogP contribution < -0.4 is 20.4 Å². The monoisotopic (exact) mass is 540 g/mol. The molecule has 1 aliphatic carbocycles. The number of rotatable bonds is 6. The van der Waals surface area contributed by atoms with Gasteiger partial charge in [-0.05, 0) is 69.3 Å². The average molecular weight is 541 g/mol. The topological polar surface area (TPSA) is 100 Å². The van der Waals surface area contributed by atoms with Crippen LogP contribution in [0.25, 0.3) is 0 Å². The molecule has 1 aromatic heterocycles. The van der Waals surface area contributed by atoms with Crippen LogP contribution in [-0.4, -0.2) is 78.2 Å². The number of amides is 1. The van der Waals surface area contributed by atoms with Crippen LogP contribution in [-0.2, 0) is 24.1 Å². The second kappa shape index (κ2) is 11.8. The van der Waals surface area contributed by atoms with E-state index in [2.05, 4.69) is 57.3 Å². The van der Waals surface area contributed by atoms with E-state index in [1.165, 1.54) is 29.3 Å². The van der Waals surface area contributed by atoms with Crippen LogP contribution >= 0.6 is 0 Å². The smallest absolute Gasteiger partial charge is 0.246 e. The van der Waals surface area contributed by atoms with Gasteiger partial charge in [-0.1, -0.05) is 24.8 Å². The van der Waals surface area contributed by atoms with Gasteiger partial charge in [0.2, 0.25) is 11.9 Å². The molecular weight excluding hydrogens is 500 g/mol. The Balaban J connectivity index is 1.31. The van der Waals surface area contributed by atoms with Crippen LogP contribution in [0.3, 0.4) is 0 Å². The normalized spacial score (nSPS) is 23.1. The van der Waals surface area contributed by atoms with Crippen molar-refractivity contribution in [3.05, 3.63) is 53.7 Å². The number of nitrogens with one attached hydrogen (secondary N) is 2. The van der Waals surface area contributed by atoms with Gasteiger partial charge in [-0.2, -0.15) is 10.2 Å². The molecular formula is C31H40N8O. The van der Waals surface area contributed by atoms with Gasteiger partial charge in [0, 0.05) is 55.9 Å². The van der Waals surface area contributed by atoms with Gasteiger partial charge in [-0.15, -0.1) is 0 Å². The first kappa shape index (κ1) is 26.6. The summed E-state index contributed by atoms with van der Waals surface area (Å²) in [5.41, 5.74) is 5.21. The van der Waals surface area contributed by atoms with Crippen molar-refractivity contribution in [2.24, 2.45) is 0 Å². The Labute approximate surface area is 237 Å². The van der Waals surface area contributed by atoms with Crippen molar-refractivity contribution in [2.45, 2.75) is 69.5 Å². The van der Waals surface area contributed by atoms with Crippen LogP contribution in [0.4, 0.5) is 17.5 Å². The highest BCUT2D eigenvalue weighted by Crippen LogP contribution is 2.36. The van der Waals surface area contributed by atoms with Crippen molar-refractivity contribution in [1.82, 2.24) is 20.2 Å². The number of aryl methyl sites for hydroxylation is 1. The Hall–Kier alpha value is -3.64. The van der Waals surface area contributed by atoms with Crippen molar-refractivity contribution in [3.8, 4) is 6.07 Å². The van der Waals surface area contributed by atoms with E-state index in [1.54, 1.807) is 4.90 Å². The van der Waals surface area contributed by atoms with Gasteiger partial charge in [-0.3, -0.25) is 4.79 Å². The molecule has 0 radical (unpaired) electrons. The first-order chi connectivity index (χ1) is 19.6. The van der Waals surface area contributed by atoms with Gasteiger partial charge >= 0.3 is 0 Å². The maximum atomic E-state index is 12.5. The Bertz CT molecular complexity index is 1280. The van der Waals surface area contributed by atoms with E-state index in [0.29, 0.717) is 44.1 Å². The largest absolute Gasteiger partial charge is 0.368 e. The summed E-state index contributed by atoms with van der Waals surface area (Å²) in [6.45, 7) is 8.58. The van der Waals surface area contributed by atoms with E-state index in [-0.39, 0.29) is 11.9 Å². The van der Waals surface area contributed by atoms with Crippen LogP contribution in [0.1, 0.15) is 48.9 Å². The number of hydrogen-bond acceptors (Lipinski definition) is 8. The van der Waals surface area contributed by atoms with Crippen LogP contribution in [0.2, 0.25) is 0 Å². The number of nitriles is 1. The third-order valence-electron chi connectivity index (χ3n) is 9.05. The molecule has 0 saturated carbocycles. The highest BCUT2D eigenvalue weighted by atomic mass is 16.2. The molecule has 2 fully saturated rings. The second-order valence-corrected chi connectivity index (χ2v) is 11.5. The fraction of sp³-hybridized carbons (Fsp3) is 0.548. The zero-order valence-corrected chi connectivity index (χ0v) is 23.3. The maximum absolute atomic E-state index is 12.5. The van der Waals surface area contributed by atoms with Crippen molar-refractivity contribution in [1.29, 1.82) is 5.26 Å². The number of fused-ring (bicyclic) bond motifs is 2. The lowest BCUT2D eigenvalue weighted by Crippen LogP contribution is -2.55. The molecule has 1 aromatic carbocycles. The third-order valence-corrected chi connectivity index (χ3v) is 9.05. The van der Waals surface area contributed by atoms with Crippen molar-refractivity contribution < 1.29 is 4.79 Å². The Morgan fingerprint density at radius 1 is 1.15 bits per heavy atom. The molecule has 6 rings (SSSR count). The molecule has 2 aromatic rings. The van der Waals surface area contributed by atoms with E-state index in [4.69, 9.17) is 9.97 Å². The van der Waals surface area contributed by atoms with Gasteiger partial charge in [0.05, 0.1) is 24.2 Å². The first-order valence-corrected chi connectivity index (χ1v) is 14.9. The Kier molecular flexibility index (Phi) is 7.87. The summed E-state index contributed by atoms with van der Waals surface area (Å²) in [5.74, 6) is 1.58. The van der Waals surface area contributed by atoms with E-state index >= 15 is 0 Å². The van der Waals surface area contributed by atoms with Gasteiger partial charge in [0.25, 0.3) is 0 Å². The lowest BCUT2D eigenvalue weighted by atomic mass is 9.88.